The van der Waals surface area contributed by atoms with Gasteiger partial charge in [-0.1, -0.05) is 19.2 Å². The Morgan fingerprint density at radius 1 is 1.36 bits per heavy atom. The van der Waals surface area contributed by atoms with Crippen molar-refractivity contribution >= 4 is 0 Å². The summed E-state index contributed by atoms with van der Waals surface area (Å²) in [6.07, 6.45) is 3.75. The molecular weight excluding hydrogens is 174 g/mol. The summed E-state index contributed by atoms with van der Waals surface area (Å²) in [7, 11) is 0. The zero-order valence-corrected chi connectivity index (χ0v) is 9.12. The highest BCUT2D eigenvalue weighted by molar-refractivity contribution is 5.31. The second-order valence-corrected chi connectivity index (χ2v) is 3.66. The Bertz CT molecular complexity index is 253. The van der Waals surface area contributed by atoms with Crippen LogP contribution in [0.15, 0.2) is 36.6 Å². The second-order valence-electron chi connectivity index (χ2n) is 3.66. The summed E-state index contributed by atoms with van der Waals surface area (Å²) < 4.78 is 5.49. The molecule has 2 heteroatoms. The van der Waals surface area contributed by atoms with Crippen molar-refractivity contribution in [2.24, 2.45) is 0 Å². The molecule has 78 valence electrons. The molecule has 0 saturated carbocycles. The normalized spacial score (nSPS) is 18.4. The number of ether oxygens (including phenoxy) is 1. The smallest absolute Gasteiger partial charge is 0.0737 e. The minimum absolute atomic E-state index is 0.472. The SMILES string of the molecule is C=CC1=C(C=C)N(C(C)C)CCOC1. The van der Waals surface area contributed by atoms with Crippen LogP contribution in [-0.4, -0.2) is 30.7 Å². The van der Waals surface area contributed by atoms with Crippen molar-refractivity contribution in [2.75, 3.05) is 19.8 Å². The van der Waals surface area contributed by atoms with Gasteiger partial charge in [0, 0.05) is 23.9 Å². The monoisotopic (exact) mass is 193 g/mol. The van der Waals surface area contributed by atoms with Gasteiger partial charge in [0.2, 0.25) is 0 Å². The van der Waals surface area contributed by atoms with Crippen LogP contribution in [0, 0.1) is 0 Å². The Morgan fingerprint density at radius 3 is 2.57 bits per heavy atom. The van der Waals surface area contributed by atoms with Gasteiger partial charge in [-0.15, -0.1) is 0 Å². The van der Waals surface area contributed by atoms with Crippen LogP contribution in [-0.2, 0) is 4.74 Å². The third-order valence-corrected chi connectivity index (χ3v) is 2.44. The molecule has 0 amide bonds. The second kappa shape index (κ2) is 5.01. The van der Waals surface area contributed by atoms with Gasteiger partial charge in [0.25, 0.3) is 0 Å². The van der Waals surface area contributed by atoms with E-state index in [1.165, 1.54) is 0 Å². The minimum atomic E-state index is 0.472. The molecule has 1 aliphatic heterocycles. The van der Waals surface area contributed by atoms with E-state index >= 15 is 0 Å². The molecule has 0 fully saturated rings. The molecule has 0 aromatic carbocycles. The van der Waals surface area contributed by atoms with Crippen molar-refractivity contribution in [3.63, 3.8) is 0 Å². The van der Waals surface area contributed by atoms with Gasteiger partial charge < -0.3 is 9.64 Å². The van der Waals surface area contributed by atoms with E-state index in [4.69, 9.17) is 4.74 Å². The third kappa shape index (κ3) is 2.26. The zero-order chi connectivity index (χ0) is 10.6. The quantitative estimate of drug-likeness (QED) is 0.682. The van der Waals surface area contributed by atoms with E-state index in [1.54, 1.807) is 0 Å². The Labute approximate surface area is 86.6 Å². The average molecular weight is 193 g/mol. The highest BCUT2D eigenvalue weighted by atomic mass is 16.5. The number of hydrogen-bond donors (Lipinski definition) is 0. The lowest BCUT2D eigenvalue weighted by Gasteiger charge is -2.29. The molecule has 0 radical (unpaired) electrons. The van der Waals surface area contributed by atoms with Crippen LogP contribution in [0.2, 0.25) is 0 Å². The van der Waals surface area contributed by atoms with Crippen LogP contribution in [0.1, 0.15) is 13.8 Å². The predicted molar refractivity (Wildman–Crippen MR) is 60.1 cm³/mol. The van der Waals surface area contributed by atoms with Crippen molar-refractivity contribution in [2.45, 2.75) is 19.9 Å². The molecule has 0 atom stereocenters. The van der Waals surface area contributed by atoms with Crippen molar-refractivity contribution < 1.29 is 4.74 Å². The highest BCUT2D eigenvalue weighted by Crippen LogP contribution is 2.18. The zero-order valence-electron chi connectivity index (χ0n) is 9.12. The van der Waals surface area contributed by atoms with Crippen LogP contribution in [0.5, 0.6) is 0 Å². The molecule has 0 unspecified atom stereocenters. The average Bonchev–Trinajstić information content (AvgIpc) is 2.38. The molecule has 0 spiro atoms. The van der Waals surface area contributed by atoms with Crippen LogP contribution in [0.25, 0.3) is 0 Å². The minimum Gasteiger partial charge on any atom is -0.375 e. The van der Waals surface area contributed by atoms with Gasteiger partial charge in [-0.3, -0.25) is 0 Å². The molecular formula is C12H19NO. The van der Waals surface area contributed by atoms with Crippen LogP contribution < -0.4 is 0 Å². The maximum atomic E-state index is 5.49. The Hall–Kier alpha value is -1.02. The highest BCUT2D eigenvalue weighted by Gasteiger charge is 2.16. The van der Waals surface area contributed by atoms with E-state index in [9.17, 15) is 0 Å². The maximum Gasteiger partial charge on any atom is 0.0737 e. The first kappa shape index (κ1) is 11.1. The van der Waals surface area contributed by atoms with Crippen molar-refractivity contribution in [1.82, 2.24) is 4.90 Å². The van der Waals surface area contributed by atoms with Gasteiger partial charge in [-0.25, -0.2) is 0 Å². The number of rotatable bonds is 3. The molecule has 1 rings (SSSR count). The predicted octanol–water partition coefficient (Wildman–Crippen LogP) is 2.35. The molecule has 0 N–H and O–H groups in total. The van der Waals surface area contributed by atoms with Gasteiger partial charge in [0.1, 0.15) is 0 Å². The fraction of sp³-hybridized carbons (Fsp3) is 0.500. The lowest BCUT2D eigenvalue weighted by atomic mass is 10.1. The van der Waals surface area contributed by atoms with Gasteiger partial charge in [-0.2, -0.15) is 0 Å². The molecule has 0 aromatic heterocycles. The molecule has 2 nitrogen and oxygen atoms in total. The number of nitrogens with zero attached hydrogens (tertiary/aromatic N) is 1. The summed E-state index contributed by atoms with van der Waals surface area (Å²) in [5.41, 5.74) is 2.29. The summed E-state index contributed by atoms with van der Waals surface area (Å²) in [5, 5.41) is 0. The summed E-state index contributed by atoms with van der Waals surface area (Å²) in [6, 6.07) is 0.472. The van der Waals surface area contributed by atoms with E-state index < -0.39 is 0 Å². The van der Waals surface area contributed by atoms with E-state index in [-0.39, 0.29) is 0 Å². The van der Waals surface area contributed by atoms with E-state index in [0.29, 0.717) is 12.6 Å². The third-order valence-electron chi connectivity index (χ3n) is 2.44. The van der Waals surface area contributed by atoms with Gasteiger partial charge in [0.05, 0.1) is 13.2 Å². The van der Waals surface area contributed by atoms with Gasteiger partial charge in [0.15, 0.2) is 0 Å². The van der Waals surface area contributed by atoms with Crippen LogP contribution in [0.3, 0.4) is 0 Å². The number of hydrogen-bond acceptors (Lipinski definition) is 2. The molecule has 0 aliphatic carbocycles. The molecule has 1 aliphatic rings. The van der Waals surface area contributed by atoms with Crippen LogP contribution >= 0.6 is 0 Å². The van der Waals surface area contributed by atoms with Crippen molar-refractivity contribution in [3.8, 4) is 0 Å². The molecule has 1 heterocycles. The summed E-state index contributed by atoms with van der Waals surface area (Å²) in [5.74, 6) is 0. The van der Waals surface area contributed by atoms with E-state index in [0.717, 1.165) is 24.4 Å². The Morgan fingerprint density at radius 2 is 2.07 bits per heavy atom. The molecule has 14 heavy (non-hydrogen) atoms. The number of allylic oxidation sites excluding steroid dienone is 1. The summed E-state index contributed by atoms with van der Waals surface area (Å²) in [4.78, 5) is 2.30. The Kier molecular flexibility index (Phi) is 3.96. The lowest BCUT2D eigenvalue weighted by molar-refractivity contribution is 0.140. The standard InChI is InChI=1S/C12H19NO/c1-5-11-9-14-8-7-13(10(3)4)12(11)6-2/h5-6,10H,1-2,7-9H2,3-4H3. The summed E-state index contributed by atoms with van der Waals surface area (Å²) >= 11 is 0. The van der Waals surface area contributed by atoms with Gasteiger partial charge >= 0.3 is 0 Å². The molecule has 0 saturated heterocycles. The van der Waals surface area contributed by atoms with Crippen molar-refractivity contribution in [3.05, 3.63) is 36.6 Å². The topological polar surface area (TPSA) is 12.5 Å². The molecule has 0 bridgehead atoms. The Balaban J connectivity index is 3.02. The molecule has 0 aromatic rings. The van der Waals surface area contributed by atoms with Gasteiger partial charge in [-0.05, 0) is 19.9 Å². The fourth-order valence-electron chi connectivity index (χ4n) is 1.67. The first-order valence-corrected chi connectivity index (χ1v) is 5.03. The van der Waals surface area contributed by atoms with Crippen LogP contribution in [0.4, 0.5) is 0 Å². The van der Waals surface area contributed by atoms with Crippen molar-refractivity contribution in [1.29, 1.82) is 0 Å². The largest absolute Gasteiger partial charge is 0.375 e. The van der Waals surface area contributed by atoms with E-state index in [1.807, 2.05) is 12.2 Å². The fourth-order valence-corrected chi connectivity index (χ4v) is 1.67. The first-order chi connectivity index (χ1) is 6.70. The van der Waals surface area contributed by atoms with E-state index in [2.05, 4.69) is 31.9 Å². The summed E-state index contributed by atoms with van der Waals surface area (Å²) in [6.45, 7) is 14.4. The first-order valence-electron chi connectivity index (χ1n) is 5.03. The lowest BCUT2D eigenvalue weighted by Crippen LogP contribution is -2.31. The maximum absolute atomic E-state index is 5.49.